The standard InChI is InChI=1S/C46H47ClN6O6S/c47-36-4-1-32(2-5-36)40-24-46(28-58-29-46)15-9-35(40)27-52-17-11-31(12-18-52)33-3-7-39(43(22-33)59-37-21-34-10-16-48-44(34)50-26-37)45(54)51-60-38-6-8-41(42(23-38)53(55)56)49-25-30-13-19-57-20-14-30/h1-8,10-11,16,21-23,26,30,49H,9,12-15,17-20,24-25,27-29H2,(H,48,50)(H,51,54). The number of allylic oxidation sites excluding steroid dienone is 1. The van der Waals surface area contributed by atoms with Crippen LogP contribution in [-0.2, 0) is 9.47 Å². The Bertz CT molecular complexity index is 2460. The number of nitrogens with zero attached hydrogens (tertiary/aromatic N) is 3. The number of carbonyl (C=O) groups is 1. The summed E-state index contributed by atoms with van der Waals surface area (Å²) in [6, 6.07) is 22.7. The van der Waals surface area contributed by atoms with Gasteiger partial charge in [0.25, 0.3) is 11.6 Å². The highest BCUT2D eigenvalue weighted by Gasteiger charge is 2.42. The van der Waals surface area contributed by atoms with E-state index in [1.807, 2.05) is 42.6 Å². The van der Waals surface area contributed by atoms with Crippen LogP contribution in [0.5, 0.6) is 11.5 Å². The first-order chi connectivity index (χ1) is 29.3. The molecule has 1 spiro atoms. The highest BCUT2D eigenvalue weighted by atomic mass is 35.5. The molecule has 0 atom stereocenters. The largest absolute Gasteiger partial charge is 0.455 e. The normalized spacial score (nSPS) is 18.2. The third-order valence-corrected chi connectivity index (χ3v) is 13.2. The second kappa shape index (κ2) is 17.8. The molecule has 0 saturated carbocycles. The molecule has 0 radical (unpaired) electrons. The quantitative estimate of drug-likeness (QED) is 0.0595. The second-order valence-electron chi connectivity index (χ2n) is 16.3. The predicted molar refractivity (Wildman–Crippen MR) is 236 cm³/mol. The van der Waals surface area contributed by atoms with Crippen molar-refractivity contribution in [2.45, 2.75) is 43.4 Å². The molecule has 2 fully saturated rings. The monoisotopic (exact) mass is 846 g/mol. The molecule has 2 saturated heterocycles. The lowest BCUT2D eigenvalue weighted by Crippen LogP contribution is -2.45. The average Bonchev–Trinajstić information content (AvgIpc) is 3.74. The fourth-order valence-electron chi connectivity index (χ4n) is 8.65. The number of amides is 1. The van der Waals surface area contributed by atoms with Gasteiger partial charge < -0.3 is 24.5 Å². The summed E-state index contributed by atoms with van der Waals surface area (Å²) in [5.41, 5.74) is 8.09. The summed E-state index contributed by atoms with van der Waals surface area (Å²) in [4.78, 5) is 36.2. The van der Waals surface area contributed by atoms with Crippen molar-refractivity contribution in [3.05, 3.63) is 129 Å². The lowest BCUT2D eigenvalue weighted by atomic mass is 9.68. The van der Waals surface area contributed by atoms with Gasteiger partial charge in [0, 0.05) is 72.4 Å². The van der Waals surface area contributed by atoms with Crippen LogP contribution in [0, 0.1) is 21.4 Å². The number of ether oxygens (including phenoxy) is 3. The van der Waals surface area contributed by atoms with Gasteiger partial charge in [0.1, 0.15) is 22.8 Å². The summed E-state index contributed by atoms with van der Waals surface area (Å²) in [7, 11) is 0. The maximum absolute atomic E-state index is 13.9. The van der Waals surface area contributed by atoms with E-state index >= 15 is 0 Å². The van der Waals surface area contributed by atoms with Crippen molar-refractivity contribution < 1.29 is 23.9 Å². The summed E-state index contributed by atoms with van der Waals surface area (Å²) in [5.74, 6) is 0.891. The Morgan fingerprint density at radius 3 is 2.63 bits per heavy atom. The number of hydrogen-bond acceptors (Lipinski definition) is 10. The lowest BCUT2D eigenvalue weighted by Gasteiger charge is -2.46. The molecule has 3 N–H and O–H groups in total. The Morgan fingerprint density at radius 1 is 1.03 bits per heavy atom. The van der Waals surface area contributed by atoms with Crippen molar-refractivity contribution >= 4 is 63.0 Å². The zero-order valence-electron chi connectivity index (χ0n) is 33.2. The van der Waals surface area contributed by atoms with Crippen molar-refractivity contribution in [2.24, 2.45) is 11.3 Å². The number of halogens is 1. The first kappa shape index (κ1) is 40.2. The molecule has 0 unspecified atom stereocenters. The number of hydrogen-bond donors (Lipinski definition) is 3. The van der Waals surface area contributed by atoms with Gasteiger partial charge in [0.15, 0.2) is 0 Å². The van der Waals surface area contributed by atoms with E-state index in [-0.39, 0.29) is 11.1 Å². The Labute approximate surface area is 358 Å². The minimum atomic E-state index is -0.400. The first-order valence-electron chi connectivity index (χ1n) is 20.6. The number of pyridine rings is 1. The summed E-state index contributed by atoms with van der Waals surface area (Å²) >= 11 is 7.29. The molecule has 310 valence electrons. The van der Waals surface area contributed by atoms with E-state index in [9.17, 15) is 14.9 Å². The number of carbonyl (C=O) groups excluding carboxylic acids is 1. The summed E-state index contributed by atoms with van der Waals surface area (Å²) in [6.45, 7) is 6.34. The summed E-state index contributed by atoms with van der Waals surface area (Å²) < 4.78 is 20.4. The molecule has 5 heterocycles. The Kier molecular flexibility index (Phi) is 11.9. The van der Waals surface area contributed by atoms with Gasteiger partial charge in [-0.05, 0) is 127 Å². The third-order valence-electron chi connectivity index (χ3n) is 12.2. The number of nitro benzene ring substituents is 1. The van der Waals surface area contributed by atoms with Gasteiger partial charge in [-0.3, -0.25) is 24.5 Å². The van der Waals surface area contributed by atoms with Gasteiger partial charge in [-0.1, -0.05) is 41.4 Å². The molecular weight excluding hydrogens is 800 g/mol. The van der Waals surface area contributed by atoms with Gasteiger partial charge in [0.2, 0.25) is 0 Å². The van der Waals surface area contributed by atoms with E-state index in [1.54, 1.807) is 24.4 Å². The molecule has 2 aromatic heterocycles. The minimum Gasteiger partial charge on any atom is -0.455 e. The van der Waals surface area contributed by atoms with Crippen LogP contribution in [0.15, 0.2) is 102 Å². The number of fused-ring (bicyclic) bond motifs is 1. The number of aromatic amines is 1. The van der Waals surface area contributed by atoms with E-state index in [0.717, 1.165) is 105 Å². The van der Waals surface area contributed by atoms with Gasteiger partial charge in [-0.25, -0.2) is 4.98 Å². The smallest absolute Gasteiger partial charge is 0.293 e. The van der Waals surface area contributed by atoms with Crippen molar-refractivity contribution in [3.63, 3.8) is 0 Å². The van der Waals surface area contributed by atoms with Crippen LogP contribution < -0.4 is 14.8 Å². The van der Waals surface area contributed by atoms with Crippen LogP contribution in [-0.4, -0.2) is 78.3 Å². The molecule has 1 amide bonds. The lowest BCUT2D eigenvalue weighted by molar-refractivity contribution is -0.384. The summed E-state index contributed by atoms with van der Waals surface area (Å²) in [6.07, 6.45) is 11.7. The Balaban J connectivity index is 0.916. The van der Waals surface area contributed by atoms with Gasteiger partial charge in [0.05, 0.1) is 29.9 Å². The fraction of sp³-hybridized carbons (Fsp3) is 0.348. The maximum Gasteiger partial charge on any atom is 0.293 e. The number of aromatic nitrogens is 2. The van der Waals surface area contributed by atoms with E-state index < -0.39 is 10.8 Å². The molecule has 9 rings (SSSR count). The molecule has 12 nitrogen and oxygen atoms in total. The van der Waals surface area contributed by atoms with Gasteiger partial charge in [-0.2, -0.15) is 0 Å². The van der Waals surface area contributed by atoms with Gasteiger partial charge >= 0.3 is 0 Å². The van der Waals surface area contributed by atoms with E-state index in [4.69, 9.17) is 25.8 Å². The van der Waals surface area contributed by atoms with Crippen molar-refractivity contribution in [3.8, 4) is 11.5 Å². The number of rotatable bonds is 13. The van der Waals surface area contributed by atoms with Crippen LogP contribution in [0.4, 0.5) is 11.4 Å². The molecule has 5 aromatic rings. The maximum atomic E-state index is 13.9. The minimum absolute atomic E-state index is 0.0451. The molecule has 60 heavy (non-hydrogen) atoms. The van der Waals surface area contributed by atoms with Crippen LogP contribution in [0.3, 0.4) is 0 Å². The number of nitrogens with one attached hydrogen (secondary N) is 3. The van der Waals surface area contributed by atoms with Crippen LogP contribution >= 0.6 is 23.5 Å². The zero-order valence-corrected chi connectivity index (χ0v) is 34.8. The molecule has 0 bridgehead atoms. The SMILES string of the molecule is O=C(NSc1ccc(NCC2CCOCC2)c([N+](=O)[O-])c1)c1ccc(C2=CCN(CC3=C(c4ccc(Cl)cc4)CC4(CC3)COC4)CC2)cc1Oc1cnc2[nH]ccc2c1. The summed E-state index contributed by atoms with van der Waals surface area (Å²) in [5, 5.41) is 16.9. The second-order valence-corrected chi connectivity index (χ2v) is 17.6. The molecular formula is C46H47ClN6O6S. The molecule has 14 heteroatoms. The highest BCUT2D eigenvalue weighted by molar-refractivity contribution is 7.98. The van der Waals surface area contributed by atoms with Crippen LogP contribution in [0.2, 0.25) is 5.02 Å². The Hall–Kier alpha value is -5.18. The zero-order chi connectivity index (χ0) is 41.1. The van der Waals surface area contributed by atoms with Gasteiger partial charge in [-0.15, -0.1) is 0 Å². The fourth-order valence-corrected chi connectivity index (χ4v) is 9.40. The molecule has 1 aliphatic carbocycles. The topological polar surface area (TPSA) is 144 Å². The van der Waals surface area contributed by atoms with Crippen molar-refractivity contribution in [2.75, 3.05) is 57.9 Å². The average molecular weight is 847 g/mol. The number of H-pyrrole nitrogens is 1. The number of nitro groups is 1. The third kappa shape index (κ3) is 9.10. The molecule has 3 aliphatic heterocycles. The van der Waals surface area contributed by atoms with Crippen LogP contribution in [0.25, 0.3) is 22.2 Å². The van der Waals surface area contributed by atoms with E-state index in [0.29, 0.717) is 53.3 Å². The molecule has 3 aromatic carbocycles. The Morgan fingerprint density at radius 2 is 1.87 bits per heavy atom. The highest BCUT2D eigenvalue weighted by Crippen LogP contribution is 2.48. The van der Waals surface area contributed by atoms with E-state index in [1.165, 1.54) is 28.3 Å². The first-order valence-corrected chi connectivity index (χ1v) is 21.8. The van der Waals surface area contributed by atoms with E-state index in [2.05, 4.69) is 43.1 Å². The van der Waals surface area contributed by atoms with Crippen LogP contribution in [0.1, 0.15) is 60.0 Å². The number of benzene rings is 3. The van der Waals surface area contributed by atoms with Crippen molar-refractivity contribution in [1.82, 2.24) is 19.6 Å². The number of anilines is 1. The predicted octanol–water partition coefficient (Wildman–Crippen LogP) is 9.94. The molecule has 4 aliphatic rings. The van der Waals surface area contributed by atoms with Crippen molar-refractivity contribution in [1.29, 1.82) is 0 Å².